The van der Waals surface area contributed by atoms with Gasteiger partial charge in [-0.15, -0.1) is 0 Å². The van der Waals surface area contributed by atoms with E-state index in [1.165, 1.54) is 0 Å². The number of ether oxygens (including phenoxy) is 1. The first-order valence-electron chi connectivity index (χ1n) is 9.58. The van der Waals surface area contributed by atoms with Gasteiger partial charge in [-0.25, -0.2) is 0 Å². The van der Waals surface area contributed by atoms with Gasteiger partial charge in [0.05, 0.1) is 0 Å². The van der Waals surface area contributed by atoms with Gasteiger partial charge in [0, 0.05) is 0 Å². The van der Waals surface area contributed by atoms with E-state index in [9.17, 15) is 14.4 Å². The van der Waals surface area contributed by atoms with E-state index in [1.807, 2.05) is 91.0 Å². The Bertz CT molecular complexity index is 889. The van der Waals surface area contributed by atoms with Gasteiger partial charge in [0.1, 0.15) is 11.5 Å². The van der Waals surface area contributed by atoms with Gasteiger partial charge in [0.25, 0.3) is 0 Å². The highest BCUT2D eigenvalue weighted by atomic mass is 31.2. The van der Waals surface area contributed by atoms with Crippen molar-refractivity contribution in [1.82, 2.24) is 0 Å². The summed E-state index contributed by atoms with van der Waals surface area (Å²) in [6.07, 6.45) is 1.20. The monoisotopic (exact) mass is 411 g/mol. The van der Waals surface area contributed by atoms with Crippen molar-refractivity contribution in [2.75, 3.05) is 0 Å². The number of benzene rings is 3. The van der Waals surface area contributed by atoms with E-state index < -0.39 is 19.0 Å². The predicted molar refractivity (Wildman–Crippen MR) is 115 cm³/mol. The number of hydrogen-bond donors (Lipinski definition) is 3. The smallest absolute Gasteiger partial charge is 0.342 e. The largest absolute Gasteiger partial charge is 0.478 e. The summed E-state index contributed by atoms with van der Waals surface area (Å²) in [7, 11) is -4.31. The first-order chi connectivity index (χ1) is 13.9. The first-order valence-corrected chi connectivity index (χ1v) is 11.3. The maximum absolute atomic E-state index is 11.5. The van der Waals surface area contributed by atoms with E-state index in [0.717, 1.165) is 16.9 Å². The zero-order valence-corrected chi connectivity index (χ0v) is 17.0. The molecular weight excluding hydrogens is 385 g/mol. The number of rotatable bonds is 9. The molecule has 5 nitrogen and oxygen atoms in total. The highest BCUT2D eigenvalue weighted by Crippen LogP contribution is 2.43. The van der Waals surface area contributed by atoms with Crippen LogP contribution < -0.4 is 10.5 Å². The van der Waals surface area contributed by atoms with Crippen LogP contribution in [0.25, 0.3) is 0 Å². The fourth-order valence-electron chi connectivity index (χ4n) is 3.46. The summed E-state index contributed by atoms with van der Waals surface area (Å²) < 4.78 is 18.1. The molecule has 3 aromatic rings. The Labute approximate surface area is 171 Å². The van der Waals surface area contributed by atoms with Crippen LogP contribution in [-0.4, -0.2) is 15.6 Å². The average molecular weight is 411 g/mol. The number of hydrogen-bond acceptors (Lipinski definition) is 3. The molecule has 3 aromatic carbocycles. The molecule has 0 amide bonds. The van der Waals surface area contributed by atoms with Gasteiger partial charge in [-0.2, -0.15) is 0 Å². The lowest BCUT2D eigenvalue weighted by molar-refractivity contribution is 0.0966. The van der Waals surface area contributed by atoms with E-state index in [0.29, 0.717) is 12.8 Å². The van der Waals surface area contributed by atoms with Gasteiger partial charge in [-0.3, -0.25) is 4.57 Å². The van der Waals surface area contributed by atoms with Crippen molar-refractivity contribution in [3.63, 3.8) is 0 Å². The molecule has 0 aliphatic rings. The van der Waals surface area contributed by atoms with E-state index in [-0.39, 0.29) is 6.42 Å². The summed E-state index contributed by atoms with van der Waals surface area (Å²) in [5.41, 5.74) is 6.84. The van der Waals surface area contributed by atoms with Crippen LogP contribution in [0.4, 0.5) is 0 Å². The summed E-state index contributed by atoms with van der Waals surface area (Å²) >= 11 is 0. The molecule has 6 heteroatoms. The lowest BCUT2D eigenvalue weighted by Crippen LogP contribution is -2.35. The Balaban J connectivity index is 2.01. The van der Waals surface area contributed by atoms with Crippen LogP contribution in [0, 0.1) is 0 Å². The summed E-state index contributed by atoms with van der Waals surface area (Å²) in [6, 6.07) is 29.4. The summed E-state index contributed by atoms with van der Waals surface area (Å²) in [6.45, 7) is 0. The minimum absolute atomic E-state index is 0.198. The van der Waals surface area contributed by atoms with Crippen molar-refractivity contribution in [3.8, 4) is 5.75 Å². The molecule has 3 rings (SSSR count). The van der Waals surface area contributed by atoms with Gasteiger partial charge < -0.3 is 20.3 Å². The van der Waals surface area contributed by atoms with Gasteiger partial charge in [-0.1, -0.05) is 78.9 Å². The molecule has 0 saturated heterocycles. The number of nitrogens with two attached hydrogens (primary N) is 1. The molecule has 4 N–H and O–H groups in total. The van der Waals surface area contributed by atoms with Crippen LogP contribution in [0.2, 0.25) is 0 Å². The third kappa shape index (κ3) is 5.34. The Kier molecular flexibility index (Phi) is 6.88. The molecule has 0 bridgehead atoms. The summed E-state index contributed by atoms with van der Waals surface area (Å²) in [5.74, 6) is -0.456. The molecule has 0 heterocycles. The standard InChI is InChI=1S/C23H26NO4P/c24-22(29(25,26)27)17-10-18-23(19-11-4-1-5-12-19,20-13-6-2-7-14-20)28-21-15-8-3-9-16-21/h1-9,11-16,22H,10,17-18,24H2,(H2,25,26,27). The Morgan fingerprint density at radius 1 is 0.828 bits per heavy atom. The lowest BCUT2D eigenvalue weighted by Gasteiger charge is -2.36. The molecule has 0 aliphatic carbocycles. The van der Waals surface area contributed by atoms with Crippen LogP contribution in [0.3, 0.4) is 0 Å². The summed E-state index contributed by atoms with van der Waals surface area (Å²) in [4.78, 5) is 18.7. The second kappa shape index (κ2) is 9.38. The lowest BCUT2D eigenvalue weighted by atomic mass is 9.81. The maximum atomic E-state index is 11.5. The molecule has 0 spiro atoms. The highest BCUT2D eigenvalue weighted by Gasteiger charge is 2.37. The van der Waals surface area contributed by atoms with E-state index in [1.54, 1.807) is 0 Å². The van der Waals surface area contributed by atoms with Crippen molar-refractivity contribution in [3.05, 3.63) is 102 Å². The van der Waals surface area contributed by atoms with E-state index >= 15 is 0 Å². The topological polar surface area (TPSA) is 92.8 Å². The normalized spacial score (nSPS) is 13.1. The third-order valence-electron chi connectivity index (χ3n) is 4.98. The van der Waals surface area contributed by atoms with E-state index in [2.05, 4.69) is 0 Å². The maximum Gasteiger partial charge on any atom is 0.342 e. The van der Waals surface area contributed by atoms with E-state index in [4.69, 9.17) is 10.5 Å². The Morgan fingerprint density at radius 3 is 1.72 bits per heavy atom. The van der Waals surface area contributed by atoms with Crippen molar-refractivity contribution in [1.29, 1.82) is 0 Å². The molecule has 29 heavy (non-hydrogen) atoms. The molecule has 1 atom stereocenters. The molecule has 0 radical (unpaired) electrons. The van der Waals surface area contributed by atoms with Crippen molar-refractivity contribution < 1.29 is 19.1 Å². The molecule has 0 saturated carbocycles. The van der Waals surface area contributed by atoms with Crippen LogP contribution in [0.15, 0.2) is 91.0 Å². The zero-order chi connectivity index (χ0) is 20.7. The second-order valence-corrected chi connectivity index (χ2v) is 8.86. The van der Waals surface area contributed by atoms with Gasteiger partial charge >= 0.3 is 7.60 Å². The molecule has 0 aromatic heterocycles. The molecular formula is C23H26NO4P. The zero-order valence-electron chi connectivity index (χ0n) is 16.1. The van der Waals surface area contributed by atoms with Gasteiger partial charge in [0.2, 0.25) is 0 Å². The average Bonchev–Trinajstić information content (AvgIpc) is 2.74. The Morgan fingerprint density at radius 2 is 1.28 bits per heavy atom. The van der Waals surface area contributed by atoms with Crippen LogP contribution in [0.1, 0.15) is 30.4 Å². The van der Waals surface area contributed by atoms with Gasteiger partial charge in [-0.05, 0) is 42.5 Å². The minimum Gasteiger partial charge on any atom is -0.478 e. The fourth-order valence-corrected chi connectivity index (χ4v) is 3.98. The molecule has 152 valence electrons. The number of para-hydroxylation sites is 1. The van der Waals surface area contributed by atoms with Crippen LogP contribution in [0.5, 0.6) is 5.75 Å². The minimum atomic E-state index is -4.31. The second-order valence-electron chi connectivity index (χ2n) is 7.02. The van der Waals surface area contributed by atoms with Crippen molar-refractivity contribution in [2.45, 2.75) is 30.6 Å². The fraction of sp³-hybridized carbons (Fsp3) is 0.217. The Hall–Kier alpha value is -2.43. The molecule has 1 unspecified atom stereocenters. The van der Waals surface area contributed by atoms with Gasteiger partial charge in [0.15, 0.2) is 5.60 Å². The predicted octanol–water partition coefficient (Wildman–Crippen LogP) is 4.64. The SMILES string of the molecule is NC(CCCC(Oc1ccccc1)(c1ccccc1)c1ccccc1)P(=O)(O)O. The first kappa shape index (κ1) is 21.3. The van der Waals surface area contributed by atoms with Crippen LogP contribution >= 0.6 is 7.60 Å². The molecule has 0 aliphatic heterocycles. The van der Waals surface area contributed by atoms with Crippen LogP contribution in [-0.2, 0) is 10.2 Å². The van der Waals surface area contributed by atoms with Crippen molar-refractivity contribution in [2.24, 2.45) is 5.73 Å². The quantitative estimate of drug-likeness (QED) is 0.446. The summed E-state index contributed by atoms with van der Waals surface area (Å²) in [5, 5.41) is 0. The van der Waals surface area contributed by atoms with Crippen molar-refractivity contribution >= 4 is 7.60 Å². The molecule has 0 fully saturated rings. The highest BCUT2D eigenvalue weighted by molar-refractivity contribution is 7.52. The third-order valence-corrected chi connectivity index (χ3v) is 6.10.